The average Bonchev–Trinajstić information content (AvgIpc) is 3.28. The molecule has 5 rings (SSSR count). The van der Waals surface area contributed by atoms with Gasteiger partial charge in [0, 0.05) is 42.2 Å². The molecule has 8 nitrogen and oxygen atoms in total. The number of anilines is 2. The van der Waals surface area contributed by atoms with Crippen LogP contribution in [0.3, 0.4) is 0 Å². The standard InChI is InChI=1S/C25H21N7O/c1-32(16-19-6-2-4-11-26-19)24(33)23-15-17-14-18(8-9-20(17)30-23)29-25-28-13-10-22(31-25)21-7-3-5-12-27-21/h2-15,30H,16H2,1H3,(H,28,29,31). The first-order valence-corrected chi connectivity index (χ1v) is 10.5. The molecule has 5 aromatic rings. The molecule has 0 saturated carbocycles. The van der Waals surface area contributed by atoms with Crippen LogP contribution in [-0.2, 0) is 6.54 Å². The summed E-state index contributed by atoms with van der Waals surface area (Å²) in [5.41, 5.74) is 4.57. The number of carbonyl (C=O) groups excluding carboxylic acids is 1. The molecule has 33 heavy (non-hydrogen) atoms. The van der Waals surface area contributed by atoms with Crippen LogP contribution in [0.1, 0.15) is 16.2 Å². The number of benzene rings is 1. The lowest BCUT2D eigenvalue weighted by Crippen LogP contribution is -2.26. The van der Waals surface area contributed by atoms with E-state index in [1.54, 1.807) is 30.5 Å². The lowest BCUT2D eigenvalue weighted by atomic mass is 10.2. The lowest BCUT2D eigenvalue weighted by Gasteiger charge is -2.15. The molecule has 0 unspecified atom stereocenters. The smallest absolute Gasteiger partial charge is 0.270 e. The van der Waals surface area contributed by atoms with Gasteiger partial charge in [-0.2, -0.15) is 0 Å². The summed E-state index contributed by atoms with van der Waals surface area (Å²) in [6, 6.07) is 20.8. The molecular formula is C25H21N7O. The van der Waals surface area contributed by atoms with Gasteiger partial charge in [0.1, 0.15) is 5.69 Å². The molecule has 0 aliphatic rings. The number of pyridine rings is 2. The Hall–Kier alpha value is -4.59. The molecule has 8 heteroatoms. The van der Waals surface area contributed by atoms with Gasteiger partial charge in [0.2, 0.25) is 5.95 Å². The van der Waals surface area contributed by atoms with Gasteiger partial charge in [-0.1, -0.05) is 12.1 Å². The van der Waals surface area contributed by atoms with Crippen LogP contribution < -0.4 is 5.32 Å². The number of amides is 1. The van der Waals surface area contributed by atoms with E-state index in [9.17, 15) is 4.79 Å². The second-order valence-electron chi connectivity index (χ2n) is 7.57. The number of fused-ring (bicyclic) bond motifs is 1. The number of H-pyrrole nitrogens is 1. The summed E-state index contributed by atoms with van der Waals surface area (Å²) in [6.07, 6.45) is 5.15. The zero-order chi connectivity index (χ0) is 22.6. The second kappa shape index (κ2) is 8.88. The maximum atomic E-state index is 12.9. The zero-order valence-electron chi connectivity index (χ0n) is 17.9. The Labute approximate surface area is 190 Å². The van der Waals surface area contributed by atoms with Crippen molar-refractivity contribution in [1.29, 1.82) is 0 Å². The van der Waals surface area contributed by atoms with Crippen LogP contribution in [0, 0.1) is 0 Å². The first-order valence-electron chi connectivity index (χ1n) is 10.5. The van der Waals surface area contributed by atoms with Crippen molar-refractivity contribution < 1.29 is 4.79 Å². The maximum absolute atomic E-state index is 12.9. The second-order valence-corrected chi connectivity index (χ2v) is 7.57. The Morgan fingerprint density at radius 2 is 1.76 bits per heavy atom. The van der Waals surface area contributed by atoms with Crippen LogP contribution in [0.25, 0.3) is 22.3 Å². The number of nitrogens with zero attached hydrogens (tertiary/aromatic N) is 5. The highest BCUT2D eigenvalue weighted by Crippen LogP contribution is 2.23. The van der Waals surface area contributed by atoms with Crippen molar-refractivity contribution >= 4 is 28.4 Å². The predicted octanol–water partition coefficient (Wildman–Crippen LogP) is 4.43. The van der Waals surface area contributed by atoms with E-state index in [0.29, 0.717) is 18.2 Å². The number of aromatic amines is 1. The van der Waals surface area contributed by atoms with Gasteiger partial charge in [-0.25, -0.2) is 9.97 Å². The fraction of sp³-hybridized carbons (Fsp3) is 0.0800. The van der Waals surface area contributed by atoms with Crippen LogP contribution in [0.4, 0.5) is 11.6 Å². The van der Waals surface area contributed by atoms with Crippen molar-refractivity contribution in [2.45, 2.75) is 6.54 Å². The third-order valence-electron chi connectivity index (χ3n) is 5.16. The minimum atomic E-state index is -0.0993. The lowest BCUT2D eigenvalue weighted by molar-refractivity contribution is 0.0778. The summed E-state index contributed by atoms with van der Waals surface area (Å²) in [7, 11) is 1.77. The van der Waals surface area contributed by atoms with Crippen molar-refractivity contribution in [1.82, 2.24) is 29.8 Å². The van der Waals surface area contributed by atoms with Gasteiger partial charge in [-0.3, -0.25) is 14.8 Å². The Balaban J connectivity index is 1.34. The number of aromatic nitrogens is 5. The normalized spacial score (nSPS) is 10.8. The number of hydrogen-bond donors (Lipinski definition) is 2. The number of rotatable bonds is 6. The van der Waals surface area contributed by atoms with Crippen LogP contribution in [0.2, 0.25) is 0 Å². The number of nitrogens with one attached hydrogen (secondary N) is 2. The predicted molar refractivity (Wildman–Crippen MR) is 127 cm³/mol. The van der Waals surface area contributed by atoms with Gasteiger partial charge >= 0.3 is 0 Å². The molecular weight excluding hydrogens is 414 g/mol. The molecule has 1 amide bonds. The van der Waals surface area contributed by atoms with Crippen molar-refractivity contribution in [3.05, 3.63) is 96.7 Å². The fourth-order valence-electron chi connectivity index (χ4n) is 3.54. The Kier molecular flexibility index (Phi) is 5.47. The van der Waals surface area contributed by atoms with E-state index >= 15 is 0 Å². The Bertz CT molecular complexity index is 1400. The summed E-state index contributed by atoms with van der Waals surface area (Å²) in [5, 5.41) is 4.15. The third-order valence-corrected chi connectivity index (χ3v) is 5.16. The minimum Gasteiger partial charge on any atom is -0.351 e. The van der Waals surface area contributed by atoms with Crippen molar-refractivity contribution in [3.63, 3.8) is 0 Å². The van der Waals surface area contributed by atoms with E-state index in [1.165, 1.54) is 0 Å². The minimum absolute atomic E-state index is 0.0993. The molecule has 0 fully saturated rings. The Morgan fingerprint density at radius 1 is 0.909 bits per heavy atom. The largest absolute Gasteiger partial charge is 0.351 e. The van der Waals surface area contributed by atoms with E-state index in [2.05, 4.69) is 30.2 Å². The van der Waals surface area contributed by atoms with Crippen molar-refractivity contribution in [3.8, 4) is 11.4 Å². The SMILES string of the molecule is CN(Cc1ccccn1)C(=O)c1cc2cc(Nc3nccc(-c4ccccn4)n3)ccc2[nH]1. The highest BCUT2D eigenvalue weighted by Gasteiger charge is 2.15. The van der Waals surface area contributed by atoms with E-state index in [4.69, 9.17) is 0 Å². The molecule has 0 radical (unpaired) electrons. The molecule has 1 aromatic carbocycles. The summed E-state index contributed by atoms with van der Waals surface area (Å²) in [5.74, 6) is 0.372. The first-order chi connectivity index (χ1) is 16.2. The molecule has 0 spiro atoms. The van der Waals surface area contributed by atoms with Crippen molar-refractivity contribution in [2.75, 3.05) is 12.4 Å². The van der Waals surface area contributed by atoms with E-state index in [0.717, 1.165) is 33.7 Å². The maximum Gasteiger partial charge on any atom is 0.270 e. The molecule has 0 saturated heterocycles. The molecule has 2 N–H and O–H groups in total. The molecule has 4 heterocycles. The first kappa shape index (κ1) is 20.3. The quantitative estimate of drug-likeness (QED) is 0.409. The van der Waals surface area contributed by atoms with Gasteiger partial charge in [-0.05, 0) is 54.6 Å². The summed E-state index contributed by atoms with van der Waals surface area (Å²) < 4.78 is 0. The molecule has 0 bridgehead atoms. The summed E-state index contributed by atoms with van der Waals surface area (Å²) in [6.45, 7) is 0.436. The molecule has 162 valence electrons. The van der Waals surface area contributed by atoms with Crippen LogP contribution in [0.5, 0.6) is 0 Å². The Morgan fingerprint density at radius 3 is 2.55 bits per heavy atom. The number of carbonyl (C=O) groups is 1. The highest BCUT2D eigenvalue weighted by molar-refractivity contribution is 5.98. The number of hydrogen-bond acceptors (Lipinski definition) is 6. The van der Waals surface area contributed by atoms with E-state index < -0.39 is 0 Å². The highest BCUT2D eigenvalue weighted by atomic mass is 16.2. The molecule has 0 aliphatic heterocycles. The van der Waals surface area contributed by atoms with E-state index in [-0.39, 0.29) is 5.91 Å². The molecule has 0 aliphatic carbocycles. The van der Waals surface area contributed by atoms with Gasteiger partial charge in [0.05, 0.1) is 23.6 Å². The molecule has 4 aromatic heterocycles. The van der Waals surface area contributed by atoms with Gasteiger partial charge in [0.25, 0.3) is 5.91 Å². The zero-order valence-corrected chi connectivity index (χ0v) is 17.9. The average molecular weight is 435 g/mol. The van der Waals surface area contributed by atoms with Gasteiger partial charge in [-0.15, -0.1) is 0 Å². The summed E-state index contributed by atoms with van der Waals surface area (Å²) in [4.78, 5) is 35.2. The third kappa shape index (κ3) is 4.54. The topological polar surface area (TPSA) is 99.7 Å². The van der Waals surface area contributed by atoms with Gasteiger partial charge < -0.3 is 15.2 Å². The van der Waals surface area contributed by atoms with Crippen LogP contribution in [-0.4, -0.2) is 42.8 Å². The van der Waals surface area contributed by atoms with Crippen LogP contribution in [0.15, 0.2) is 85.3 Å². The van der Waals surface area contributed by atoms with Crippen LogP contribution >= 0.6 is 0 Å². The van der Waals surface area contributed by atoms with Gasteiger partial charge in [0.15, 0.2) is 0 Å². The molecule has 0 atom stereocenters. The summed E-state index contributed by atoms with van der Waals surface area (Å²) >= 11 is 0. The van der Waals surface area contributed by atoms with E-state index in [1.807, 2.05) is 66.7 Å². The fourth-order valence-corrected chi connectivity index (χ4v) is 3.54. The monoisotopic (exact) mass is 435 g/mol. The van der Waals surface area contributed by atoms with Crippen molar-refractivity contribution in [2.24, 2.45) is 0 Å².